The quantitative estimate of drug-likeness (QED) is 0.604. The van der Waals surface area contributed by atoms with Crippen LogP contribution in [0.4, 0.5) is 32.0 Å². The first-order valence-electron chi connectivity index (χ1n) is 8.29. The second-order valence-electron chi connectivity index (χ2n) is 6.04. The smallest absolute Gasteiger partial charge is 0.422 e. The van der Waals surface area contributed by atoms with Crippen LogP contribution in [0.5, 0.6) is 11.5 Å². The van der Waals surface area contributed by atoms with E-state index in [0.29, 0.717) is 6.54 Å². The van der Waals surface area contributed by atoms with Crippen molar-refractivity contribution in [2.45, 2.75) is 37.6 Å². The van der Waals surface area contributed by atoms with Gasteiger partial charge in [-0.1, -0.05) is 0 Å². The normalized spacial score (nSPS) is 12.7. The molecular weight excluding hydrogens is 444 g/mol. The number of aromatic nitrogens is 2. The van der Waals surface area contributed by atoms with Crippen LogP contribution in [0, 0.1) is 6.92 Å². The summed E-state index contributed by atoms with van der Waals surface area (Å²) in [5.41, 5.74) is -0.196. The number of ether oxygens (including phenoxy) is 2. The Kier molecular flexibility index (Phi) is 6.79. The van der Waals surface area contributed by atoms with Crippen molar-refractivity contribution >= 4 is 15.7 Å². The number of sulfonamides is 1. The van der Waals surface area contributed by atoms with E-state index in [2.05, 4.69) is 19.3 Å². The second-order valence-corrected chi connectivity index (χ2v) is 7.69. The van der Waals surface area contributed by atoms with Crippen molar-refractivity contribution in [3.63, 3.8) is 0 Å². The van der Waals surface area contributed by atoms with Crippen LogP contribution in [-0.4, -0.2) is 43.8 Å². The van der Waals surface area contributed by atoms with Crippen molar-refractivity contribution in [3.8, 4) is 11.5 Å². The Morgan fingerprint density at radius 1 is 1.00 bits per heavy atom. The lowest BCUT2D eigenvalue weighted by atomic mass is 10.3. The van der Waals surface area contributed by atoms with Gasteiger partial charge in [0.05, 0.1) is 11.4 Å². The molecule has 0 aliphatic heterocycles. The molecule has 0 bridgehead atoms. The predicted octanol–water partition coefficient (Wildman–Crippen LogP) is 3.89. The van der Waals surface area contributed by atoms with E-state index < -0.39 is 47.1 Å². The fraction of sp³-hybridized carbons (Fsp3) is 0.438. The van der Waals surface area contributed by atoms with E-state index in [1.165, 1.54) is 17.8 Å². The van der Waals surface area contributed by atoms with Gasteiger partial charge < -0.3 is 9.47 Å². The molecule has 0 amide bonds. The maximum Gasteiger partial charge on any atom is 0.422 e. The molecule has 2 rings (SSSR count). The molecule has 0 radical (unpaired) electrons. The van der Waals surface area contributed by atoms with Crippen molar-refractivity contribution in [2.75, 3.05) is 17.9 Å². The molecule has 14 heteroatoms. The SMILES string of the molecule is CCn1cc(S(=O)(=O)Nc2cc(OCC(F)(F)F)cc(OCC(F)(F)F)c2)c(C)n1. The molecule has 7 nitrogen and oxygen atoms in total. The Morgan fingerprint density at radius 3 is 1.90 bits per heavy atom. The molecular formula is C16H17F6N3O4S. The van der Waals surface area contributed by atoms with Gasteiger partial charge in [0, 0.05) is 30.9 Å². The number of rotatable bonds is 8. The third kappa shape index (κ3) is 7.00. The van der Waals surface area contributed by atoms with Crippen LogP contribution >= 0.6 is 0 Å². The molecule has 0 spiro atoms. The summed E-state index contributed by atoms with van der Waals surface area (Å²) in [4.78, 5) is -0.205. The largest absolute Gasteiger partial charge is 0.484 e. The van der Waals surface area contributed by atoms with Crippen LogP contribution in [-0.2, 0) is 16.6 Å². The molecule has 0 aliphatic carbocycles. The lowest BCUT2D eigenvalue weighted by Crippen LogP contribution is -2.20. The van der Waals surface area contributed by atoms with Crippen LogP contribution in [0.1, 0.15) is 12.6 Å². The van der Waals surface area contributed by atoms with Gasteiger partial charge in [-0.3, -0.25) is 9.40 Å². The van der Waals surface area contributed by atoms with Gasteiger partial charge in [-0.2, -0.15) is 31.4 Å². The Morgan fingerprint density at radius 2 is 1.50 bits per heavy atom. The maximum atomic E-state index is 12.6. The van der Waals surface area contributed by atoms with Gasteiger partial charge >= 0.3 is 12.4 Å². The molecule has 0 fully saturated rings. The summed E-state index contributed by atoms with van der Waals surface area (Å²) in [6.07, 6.45) is -8.19. The molecule has 0 unspecified atom stereocenters. The number of halogens is 6. The fourth-order valence-corrected chi connectivity index (χ4v) is 3.49. The number of nitrogens with one attached hydrogen (secondary N) is 1. The van der Waals surface area contributed by atoms with Crippen molar-refractivity contribution in [3.05, 3.63) is 30.1 Å². The van der Waals surface area contributed by atoms with Gasteiger partial charge in [0.1, 0.15) is 16.4 Å². The molecule has 1 heterocycles. The molecule has 30 heavy (non-hydrogen) atoms. The molecule has 1 N–H and O–H groups in total. The Balaban J connectivity index is 2.34. The third-order valence-corrected chi connectivity index (χ3v) is 4.94. The highest BCUT2D eigenvalue weighted by molar-refractivity contribution is 7.92. The van der Waals surface area contributed by atoms with Crippen molar-refractivity contribution < 1.29 is 44.2 Å². The number of anilines is 1. The van der Waals surface area contributed by atoms with E-state index >= 15 is 0 Å². The first-order valence-corrected chi connectivity index (χ1v) is 9.78. The zero-order valence-corrected chi connectivity index (χ0v) is 16.5. The third-order valence-electron chi connectivity index (χ3n) is 3.45. The number of hydrogen-bond donors (Lipinski definition) is 1. The van der Waals surface area contributed by atoms with Gasteiger partial charge in [-0.15, -0.1) is 0 Å². The van der Waals surface area contributed by atoms with Crippen LogP contribution in [0.15, 0.2) is 29.3 Å². The van der Waals surface area contributed by atoms with Crippen LogP contribution in [0.3, 0.4) is 0 Å². The number of aryl methyl sites for hydroxylation is 2. The minimum atomic E-state index is -4.71. The lowest BCUT2D eigenvalue weighted by molar-refractivity contribution is -0.153. The second kappa shape index (κ2) is 8.62. The molecule has 0 saturated carbocycles. The summed E-state index contributed by atoms with van der Waals surface area (Å²) in [6.45, 7) is 0.0740. The zero-order valence-electron chi connectivity index (χ0n) is 15.6. The minimum Gasteiger partial charge on any atom is -0.484 e. The van der Waals surface area contributed by atoms with Gasteiger partial charge in [0.2, 0.25) is 0 Å². The standard InChI is InChI=1S/C16H17F6N3O4S/c1-3-25-7-14(10(2)23-25)30(26,27)24-11-4-12(28-8-15(17,18)19)6-13(5-11)29-9-16(20,21)22/h4-7,24H,3,8-9H2,1-2H3. The summed E-state index contributed by atoms with van der Waals surface area (Å²) >= 11 is 0. The summed E-state index contributed by atoms with van der Waals surface area (Å²) in [5, 5.41) is 3.98. The van der Waals surface area contributed by atoms with Gasteiger partial charge in [0.25, 0.3) is 10.0 Å². The molecule has 0 saturated heterocycles. The molecule has 168 valence electrons. The number of alkyl halides is 6. The molecule has 1 aromatic heterocycles. The van der Waals surface area contributed by atoms with E-state index in [1.807, 2.05) is 0 Å². The summed E-state index contributed by atoms with van der Waals surface area (Å²) in [5.74, 6) is -1.07. The van der Waals surface area contributed by atoms with Gasteiger partial charge in [-0.05, 0) is 13.8 Å². The molecule has 0 aliphatic rings. The van der Waals surface area contributed by atoms with Crippen LogP contribution in [0.2, 0.25) is 0 Å². The Hall–Kier alpha value is -2.64. The zero-order chi connectivity index (χ0) is 22.7. The molecule has 1 aromatic carbocycles. The van der Waals surface area contributed by atoms with Gasteiger partial charge in [-0.25, -0.2) is 8.42 Å². The van der Waals surface area contributed by atoms with Crippen molar-refractivity contribution in [1.82, 2.24) is 9.78 Å². The number of nitrogens with zero attached hydrogens (tertiary/aromatic N) is 2. The number of hydrogen-bond acceptors (Lipinski definition) is 5. The highest BCUT2D eigenvalue weighted by atomic mass is 32.2. The maximum absolute atomic E-state index is 12.6. The molecule has 2 aromatic rings. The average molecular weight is 461 g/mol. The minimum absolute atomic E-state index is 0.155. The summed E-state index contributed by atoms with van der Waals surface area (Å²) in [7, 11) is -4.24. The van der Waals surface area contributed by atoms with E-state index in [-0.39, 0.29) is 16.3 Å². The van der Waals surface area contributed by atoms with Crippen molar-refractivity contribution in [2.24, 2.45) is 0 Å². The molecule has 0 atom stereocenters. The lowest BCUT2D eigenvalue weighted by Gasteiger charge is -2.15. The highest BCUT2D eigenvalue weighted by Gasteiger charge is 2.30. The Bertz CT molecular complexity index is 950. The first kappa shape index (κ1) is 23.6. The van der Waals surface area contributed by atoms with Gasteiger partial charge in [0.15, 0.2) is 13.2 Å². The van der Waals surface area contributed by atoms with E-state index in [9.17, 15) is 34.8 Å². The van der Waals surface area contributed by atoms with Crippen molar-refractivity contribution in [1.29, 1.82) is 0 Å². The van der Waals surface area contributed by atoms with Crippen LogP contribution < -0.4 is 14.2 Å². The summed E-state index contributed by atoms with van der Waals surface area (Å²) in [6, 6.07) is 2.57. The summed E-state index contributed by atoms with van der Waals surface area (Å²) < 4.78 is 112. The first-order chi connectivity index (χ1) is 13.7. The number of benzene rings is 1. The fourth-order valence-electron chi connectivity index (χ4n) is 2.26. The van der Waals surface area contributed by atoms with E-state index in [0.717, 1.165) is 18.2 Å². The Labute approximate surface area is 167 Å². The topological polar surface area (TPSA) is 82.5 Å². The highest BCUT2D eigenvalue weighted by Crippen LogP contribution is 2.30. The van der Waals surface area contributed by atoms with Crippen LogP contribution in [0.25, 0.3) is 0 Å². The monoisotopic (exact) mass is 461 g/mol. The predicted molar refractivity (Wildman–Crippen MR) is 93.0 cm³/mol. The van der Waals surface area contributed by atoms with E-state index in [1.54, 1.807) is 6.92 Å². The average Bonchev–Trinajstić information content (AvgIpc) is 2.98. The van der Waals surface area contributed by atoms with E-state index in [4.69, 9.17) is 0 Å².